The van der Waals surface area contributed by atoms with Gasteiger partial charge in [0.05, 0.1) is 19.5 Å². The molecule has 0 spiro atoms. The molecule has 0 radical (unpaired) electrons. The van der Waals surface area contributed by atoms with E-state index in [1.54, 1.807) is 0 Å². The van der Waals surface area contributed by atoms with Crippen LogP contribution in [0.5, 0.6) is 0 Å². The summed E-state index contributed by atoms with van der Waals surface area (Å²) >= 11 is 26.5. The van der Waals surface area contributed by atoms with Gasteiger partial charge in [0.25, 0.3) is 0 Å². The normalized spacial score (nSPS) is 14.4. The summed E-state index contributed by atoms with van der Waals surface area (Å²) in [4.78, 5) is -2.19. The monoisotopic (exact) mass is 382 g/mol. The summed E-state index contributed by atoms with van der Waals surface area (Å²) < 4.78 is 0. The van der Waals surface area contributed by atoms with Crippen LogP contribution in [0.1, 0.15) is 77.6 Å². The first kappa shape index (κ1) is 20.4. The summed E-state index contributed by atoms with van der Waals surface area (Å²) in [5.74, 6) is 0. The smallest absolute Gasteiger partial charge is 0.0642 e. The van der Waals surface area contributed by atoms with Crippen molar-refractivity contribution in [3.05, 3.63) is 34.4 Å². The second kappa shape index (κ2) is 6.03. The molecule has 0 aromatic heterocycles. The predicted octanol–water partition coefficient (Wildman–Crippen LogP) is 7.58. The van der Waals surface area contributed by atoms with Crippen molar-refractivity contribution in [2.24, 2.45) is 0 Å². The Hall–Kier alpha value is 0.380. The van der Waals surface area contributed by atoms with E-state index in [1.165, 1.54) is 0 Å². The second-order valence-corrected chi connectivity index (χ2v) is 11.6. The Bertz CT molecular complexity index is 448. The molecule has 0 N–H and O–H groups in total. The molecule has 0 aliphatic carbocycles. The Morgan fingerprint density at radius 3 is 0.682 bits per heavy atom. The average molecular weight is 384 g/mol. The minimum Gasteiger partial charge on any atom is -0.115 e. The minimum absolute atomic E-state index is 0.548. The molecule has 126 valence electrons. The maximum Gasteiger partial charge on any atom is 0.0642 e. The van der Waals surface area contributed by atoms with Gasteiger partial charge in [0.1, 0.15) is 0 Å². The number of halogens is 4. The van der Waals surface area contributed by atoms with Crippen LogP contribution in [0.4, 0.5) is 0 Å². The van der Waals surface area contributed by atoms with Crippen LogP contribution >= 0.6 is 46.4 Å². The lowest BCUT2D eigenvalue weighted by Gasteiger charge is -2.34. The van der Waals surface area contributed by atoms with Gasteiger partial charge in [-0.3, -0.25) is 0 Å². The van der Waals surface area contributed by atoms with Gasteiger partial charge in [-0.15, -0.1) is 46.4 Å². The van der Waals surface area contributed by atoms with Gasteiger partial charge >= 0.3 is 0 Å². The van der Waals surface area contributed by atoms with Crippen molar-refractivity contribution in [1.29, 1.82) is 0 Å². The third kappa shape index (κ3) is 4.69. The van der Waals surface area contributed by atoms with E-state index >= 15 is 0 Å². The fourth-order valence-electron chi connectivity index (χ4n) is 2.57. The zero-order chi connectivity index (χ0) is 17.7. The molecule has 0 atom stereocenters. The molecule has 0 amide bonds. The van der Waals surface area contributed by atoms with Gasteiger partial charge in [0, 0.05) is 0 Å². The zero-order valence-electron chi connectivity index (χ0n) is 14.7. The number of alkyl halides is 4. The predicted molar refractivity (Wildman–Crippen MR) is 102 cm³/mol. The number of benzene rings is 1. The zero-order valence-corrected chi connectivity index (χ0v) is 17.7. The van der Waals surface area contributed by atoms with Crippen molar-refractivity contribution in [3.8, 4) is 0 Å². The standard InChI is InChI=1S/C18H26Cl4/c1-15(2,19)11-9-13(17(5,6)21)14(18(7,8)22)10-12(11)16(3,4)20/h9-10H,1-8H3. The van der Waals surface area contributed by atoms with E-state index in [0.29, 0.717) is 0 Å². The SMILES string of the molecule is CC(C)(Cl)c1cc(C(C)(C)Cl)c(C(C)(C)Cl)cc1C(C)(C)Cl. The highest BCUT2D eigenvalue weighted by Crippen LogP contribution is 2.46. The summed E-state index contributed by atoms with van der Waals surface area (Å²) in [6.07, 6.45) is 0. The van der Waals surface area contributed by atoms with Crippen LogP contribution in [-0.2, 0) is 19.5 Å². The number of rotatable bonds is 4. The molecule has 0 saturated heterocycles. The van der Waals surface area contributed by atoms with Crippen LogP contribution in [0.25, 0.3) is 0 Å². The summed E-state index contributed by atoms with van der Waals surface area (Å²) in [5, 5.41) is 0. The van der Waals surface area contributed by atoms with E-state index < -0.39 is 19.5 Å². The molecule has 0 saturated carbocycles. The van der Waals surface area contributed by atoms with E-state index in [0.717, 1.165) is 22.3 Å². The van der Waals surface area contributed by atoms with Crippen molar-refractivity contribution in [1.82, 2.24) is 0 Å². The second-order valence-electron chi connectivity index (χ2n) is 7.83. The van der Waals surface area contributed by atoms with Crippen molar-refractivity contribution < 1.29 is 0 Å². The van der Waals surface area contributed by atoms with E-state index in [1.807, 2.05) is 55.4 Å². The molecule has 0 aliphatic rings. The maximum absolute atomic E-state index is 6.62. The van der Waals surface area contributed by atoms with E-state index in [2.05, 4.69) is 12.1 Å². The molecule has 0 heterocycles. The van der Waals surface area contributed by atoms with Crippen LogP contribution in [-0.4, -0.2) is 0 Å². The average Bonchev–Trinajstić information content (AvgIpc) is 2.22. The van der Waals surface area contributed by atoms with Crippen molar-refractivity contribution in [2.75, 3.05) is 0 Å². The topological polar surface area (TPSA) is 0 Å². The molecule has 0 unspecified atom stereocenters. The number of hydrogen-bond acceptors (Lipinski definition) is 0. The van der Waals surface area contributed by atoms with Gasteiger partial charge in [-0.2, -0.15) is 0 Å². The van der Waals surface area contributed by atoms with E-state index in [-0.39, 0.29) is 0 Å². The van der Waals surface area contributed by atoms with Crippen LogP contribution in [0.3, 0.4) is 0 Å². The molecule has 0 aliphatic heterocycles. The third-order valence-electron chi connectivity index (χ3n) is 3.72. The summed E-state index contributed by atoms with van der Waals surface area (Å²) in [7, 11) is 0. The molecule has 1 rings (SSSR count). The van der Waals surface area contributed by atoms with Gasteiger partial charge in [-0.1, -0.05) is 12.1 Å². The largest absolute Gasteiger partial charge is 0.115 e. The third-order valence-corrected chi connectivity index (χ3v) is 4.53. The Balaban J connectivity index is 3.90. The molecule has 1 aromatic rings. The Morgan fingerprint density at radius 1 is 0.455 bits per heavy atom. The van der Waals surface area contributed by atoms with Crippen LogP contribution in [0.2, 0.25) is 0 Å². The molecular formula is C18H26Cl4. The van der Waals surface area contributed by atoms with Gasteiger partial charge in [-0.25, -0.2) is 0 Å². The highest BCUT2D eigenvalue weighted by molar-refractivity contribution is 6.27. The summed E-state index contributed by atoms with van der Waals surface area (Å²) in [5.41, 5.74) is 3.95. The van der Waals surface area contributed by atoms with Crippen molar-refractivity contribution >= 4 is 46.4 Å². The summed E-state index contributed by atoms with van der Waals surface area (Å²) in [6, 6.07) is 4.14. The first-order valence-corrected chi connectivity index (χ1v) is 8.92. The van der Waals surface area contributed by atoms with Crippen LogP contribution in [0.15, 0.2) is 12.1 Å². The van der Waals surface area contributed by atoms with Gasteiger partial charge < -0.3 is 0 Å². The van der Waals surface area contributed by atoms with Gasteiger partial charge in [0.15, 0.2) is 0 Å². The Morgan fingerprint density at radius 2 is 0.591 bits per heavy atom. The lowest BCUT2D eigenvalue weighted by molar-refractivity contribution is 0.655. The van der Waals surface area contributed by atoms with Crippen LogP contribution in [0, 0.1) is 0 Å². The maximum atomic E-state index is 6.62. The van der Waals surface area contributed by atoms with Crippen molar-refractivity contribution in [3.63, 3.8) is 0 Å². The Kier molecular flexibility index (Phi) is 5.60. The molecule has 22 heavy (non-hydrogen) atoms. The van der Waals surface area contributed by atoms with E-state index in [4.69, 9.17) is 46.4 Å². The van der Waals surface area contributed by atoms with E-state index in [9.17, 15) is 0 Å². The fraction of sp³-hybridized carbons (Fsp3) is 0.667. The van der Waals surface area contributed by atoms with Crippen molar-refractivity contribution in [2.45, 2.75) is 74.9 Å². The highest BCUT2D eigenvalue weighted by atomic mass is 35.5. The molecule has 0 nitrogen and oxygen atoms in total. The molecule has 0 fully saturated rings. The molecular weight excluding hydrogens is 358 g/mol. The minimum atomic E-state index is -0.548. The molecule has 1 aromatic carbocycles. The lowest BCUT2D eigenvalue weighted by atomic mass is 9.80. The lowest BCUT2D eigenvalue weighted by Crippen LogP contribution is -2.25. The highest BCUT2D eigenvalue weighted by Gasteiger charge is 2.35. The molecule has 0 bridgehead atoms. The summed E-state index contributed by atoms with van der Waals surface area (Å²) in [6.45, 7) is 15.7. The first-order chi connectivity index (χ1) is 9.45. The Labute approximate surface area is 155 Å². The molecule has 4 heteroatoms. The van der Waals surface area contributed by atoms with Crippen LogP contribution < -0.4 is 0 Å². The van der Waals surface area contributed by atoms with Gasteiger partial charge in [-0.05, 0) is 77.6 Å². The first-order valence-electron chi connectivity index (χ1n) is 7.41. The fourth-order valence-corrected chi connectivity index (χ4v) is 3.19. The van der Waals surface area contributed by atoms with Gasteiger partial charge in [0.2, 0.25) is 0 Å². The number of hydrogen-bond donors (Lipinski definition) is 0. The quantitative estimate of drug-likeness (QED) is 0.470.